The summed E-state index contributed by atoms with van der Waals surface area (Å²) in [7, 11) is 1.54. The summed E-state index contributed by atoms with van der Waals surface area (Å²) < 4.78 is 21.8. The van der Waals surface area contributed by atoms with Crippen molar-refractivity contribution in [3.63, 3.8) is 0 Å². The highest BCUT2D eigenvalue weighted by molar-refractivity contribution is 6.32. The number of hydrogen-bond donors (Lipinski definition) is 0. The van der Waals surface area contributed by atoms with E-state index in [1.54, 1.807) is 43.5 Å². The molecule has 0 bridgehead atoms. The fourth-order valence-corrected chi connectivity index (χ4v) is 2.86. The molecule has 26 heavy (non-hydrogen) atoms. The molecule has 1 aliphatic rings. The molecular weight excluding hydrogens is 356 g/mol. The number of carbonyl (C=O) groups is 1. The van der Waals surface area contributed by atoms with Crippen molar-refractivity contribution in [2.24, 2.45) is 0 Å². The minimum Gasteiger partial charge on any atom is -0.493 e. The molecule has 0 amide bonds. The van der Waals surface area contributed by atoms with E-state index >= 15 is 0 Å². The molecule has 6 heteroatoms. The Bertz CT molecular complexity index is 844. The fourth-order valence-electron chi connectivity index (χ4n) is 2.59. The van der Waals surface area contributed by atoms with Crippen molar-refractivity contribution in [1.29, 1.82) is 0 Å². The molecule has 0 saturated heterocycles. The van der Waals surface area contributed by atoms with Crippen molar-refractivity contribution >= 4 is 23.5 Å². The zero-order valence-corrected chi connectivity index (χ0v) is 15.3. The van der Waals surface area contributed by atoms with Crippen LogP contribution in [0.3, 0.4) is 0 Å². The molecule has 2 aromatic carbocycles. The van der Waals surface area contributed by atoms with E-state index in [4.69, 9.17) is 30.5 Å². The quantitative estimate of drug-likeness (QED) is 0.553. The number of methoxy groups -OCH3 is 1. The predicted molar refractivity (Wildman–Crippen MR) is 100.0 cm³/mol. The monoisotopic (exact) mass is 374 g/mol. The number of ketones is 1. The van der Waals surface area contributed by atoms with Gasteiger partial charge in [0.05, 0.1) is 18.7 Å². The van der Waals surface area contributed by atoms with E-state index in [9.17, 15) is 4.79 Å². The van der Waals surface area contributed by atoms with Gasteiger partial charge in [-0.2, -0.15) is 0 Å². The van der Waals surface area contributed by atoms with Crippen molar-refractivity contribution < 1.29 is 23.7 Å². The molecule has 5 nitrogen and oxygen atoms in total. The lowest BCUT2D eigenvalue weighted by molar-refractivity contribution is 0.104. The van der Waals surface area contributed by atoms with Gasteiger partial charge in [0.25, 0.3) is 0 Å². The Morgan fingerprint density at radius 1 is 1.19 bits per heavy atom. The molecule has 0 atom stereocenters. The van der Waals surface area contributed by atoms with Crippen molar-refractivity contribution in [2.45, 2.75) is 6.92 Å². The second-order valence-electron chi connectivity index (χ2n) is 5.52. The molecule has 1 heterocycles. The summed E-state index contributed by atoms with van der Waals surface area (Å²) in [5.74, 6) is 2.10. The largest absolute Gasteiger partial charge is 0.493 e. The fraction of sp³-hybridized carbons (Fsp3) is 0.250. The van der Waals surface area contributed by atoms with Crippen molar-refractivity contribution in [3.8, 4) is 23.0 Å². The zero-order valence-electron chi connectivity index (χ0n) is 14.6. The first-order valence-corrected chi connectivity index (χ1v) is 8.62. The van der Waals surface area contributed by atoms with Crippen LogP contribution < -0.4 is 18.9 Å². The number of fused-ring (bicyclic) bond motifs is 1. The Balaban J connectivity index is 1.81. The molecule has 0 saturated carbocycles. The van der Waals surface area contributed by atoms with Crippen LogP contribution in [0.25, 0.3) is 6.08 Å². The van der Waals surface area contributed by atoms with Crippen LogP contribution in [-0.4, -0.2) is 32.7 Å². The van der Waals surface area contributed by atoms with Crippen LogP contribution >= 0.6 is 11.6 Å². The van der Waals surface area contributed by atoms with Crippen molar-refractivity contribution in [1.82, 2.24) is 0 Å². The minimum atomic E-state index is -0.147. The second-order valence-corrected chi connectivity index (χ2v) is 5.93. The Morgan fingerprint density at radius 3 is 2.69 bits per heavy atom. The van der Waals surface area contributed by atoms with Crippen molar-refractivity contribution in [2.75, 3.05) is 26.9 Å². The number of allylic oxidation sites excluding steroid dienone is 1. The highest BCUT2D eigenvalue weighted by atomic mass is 35.5. The number of ether oxygens (including phenoxy) is 4. The first-order chi connectivity index (χ1) is 12.6. The lowest BCUT2D eigenvalue weighted by Crippen LogP contribution is -2.15. The molecule has 2 aromatic rings. The zero-order chi connectivity index (χ0) is 18.5. The molecule has 0 N–H and O–H groups in total. The van der Waals surface area contributed by atoms with Crippen LogP contribution in [0.15, 0.2) is 36.4 Å². The topological polar surface area (TPSA) is 54.0 Å². The Labute approximate surface area is 157 Å². The van der Waals surface area contributed by atoms with E-state index in [-0.39, 0.29) is 5.78 Å². The molecule has 0 aliphatic carbocycles. The molecule has 0 unspecified atom stereocenters. The van der Waals surface area contributed by atoms with E-state index < -0.39 is 0 Å². The van der Waals surface area contributed by atoms with Crippen molar-refractivity contribution in [3.05, 3.63) is 52.6 Å². The first kappa shape index (κ1) is 18.1. The normalized spacial score (nSPS) is 12.9. The minimum absolute atomic E-state index is 0.147. The van der Waals surface area contributed by atoms with Gasteiger partial charge in [0, 0.05) is 5.56 Å². The summed E-state index contributed by atoms with van der Waals surface area (Å²) in [6, 6.07) is 8.64. The molecule has 3 rings (SSSR count). The van der Waals surface area contributed by atoms with E-state index in [0.717, 1.165) is 5.56 Å². The summed E-state index contributed by atoms with van der Waals surface area (Å²) >= 11 is 6.25. The summed E-state index contributed by atoms with van der Waals surface area (Å²) in [5, 5.41) is 0.428. The average Bonchev–Trinajstić information content (AvgIpc) is 2.67. The molecule has 0 fully saturated rings. The second kappa shape index (κ2) is 8.15. The average molecular weight is 375 g/mol. The van der Waals surface area contributed by atoms with Crippen LogP contribution in [0.4, 0.5) is 0 Å². The molecular formula is C20H19ClO5. The lowest BCUT2D eigenvalue weighted by Gasteiger charge is -2.18. The van der Waals surface area contributed by atoms with Gasteiger partial charge < -0.3 is 18.9 Å². The van der Waals surface area contributed by atoms with Gasteiger partial charge in [-0.15, -0.1) is 0 Å². The first-order valence-electron chi connectivity index (χ1n) is 8.24. The van der Waals surface area contributed by atoms with Crippen LogP contribution in [0.1, 0.15) is 22.8 Å². The summed E-state index contributed by atoms with van der Waals surface area (Å²) in [5.41, 5.74) is 1.26. The highest BCUT2D eigenvalue weighted by Gasteiger charge is 2.14. The highest BCUT2D eigenvalue weighted by Crippen LogP contribution is 2.37. The number of carbonyl (C=O) groups excluding carboxylic acids is 1. The SMILES string of the molecule is CCOc1c(Cl)cc(C=CC(=O)c2ccc3c(c2)OCCO3)cc1OC. The summed E-state index contributed by atoms with van der Waals surface area (Å²) in [6.07, 6.45) is 3.17. The van der Waals surface area contributed by atoms with Crippen LogP contribution in [0.2, 0.25) is 5.02 Å². The number of halogens is 1. The van der Waals surface area contributed by atoms with Gasteiger partial charge in [-0.3, -0.25) is 4.79 Å². The van der Waals surface area contributed by atoms with Gasteiger partial charge >= 0.3 is 0 Å². The molecule has 0 spiro atoms. The summed E-state index contributed by atoms with van der Waals surface area (Å²) in [6.45, 7) is 3.34. The molecule has 1 aliphatic heterocycles. The van der Waals surface area contributed by atoms with E-state index in [1.165, 1.54) is 6.08 Å². The third-order valence-electron chi connectivity index (χ3n) is 3.79. The van der Waals surface area contributed by atoms with Gasteiger partial charge in [-0.1, -0.05) is 17.7 Å². The number of hydrogen-bond acceptors (Lipinski definition) is 5. The van der Waals surface area contributed by atoms with Gasteiger partial charge in [-0.25, -0.2) is 0 Å². The molecule has 0 aromatic heterocycles. The standard InChI is InChI=1S/C20H19ClO5/c1-3-24-20-15(21)10-13(11-19(20)23-2)4-6-16(22)14-5-7-17-18(12-14)26-9-8-25-17/h4-7,10-12H,3,8-9H2,1-2H3. The van der Waals surface area contributed by atoms with E-state index in [1.807, 2.05) is 6.92 Å². The third kappa shape index (κ3) is 3.94. The predicted octanol–water partition coefficient (Wildman–Crippen LogP) is 4.41. The smallest absolute Gasteiger partial charge is 0.185 e. The van der Waals surface area contributed by atoms with Crippen LogP contribution in [0, 0.1) is 0 Å². The van der Waals surface area contributed by atoms with E-state index in [2.05, 4.69) is 0 Å². The van der Waals surface area contributed by atoms with Gasteiger partial charge in [0.2, 0.25) is 0 Å². The van der Waals surface area contributed by atoms with Gasteiger partial charge in [-0.05, 0) is 48.9 Å². The van der Waals surface area contributed by atoms with E-state index in [0.29, 0.717) is 53.4 Å². The number of rotatable bonds is 6. The Hall–Kier alpha value is -2.66. The molecule has 0 radical (unpaired) electrons. The maximum Gasteiger partial charge on any atom is 0.185 e. The summed E-state index contributed by atoms with van der Waals surface area (Å²) in [4.78, 5) is 12.4. The number of benzene rings is 2. The lowest BCUT2D eigenvalue weighted by atomic mass is 10.1. The Morgan fingerprint density at radius 2 is 1.96 bits per heavy atom. The molecule has 136 valence electrons. The Kier molecular flexibility index (Phi) is 5.68. The van der Waals surface area contributed by atoms with Crippen LogP contribution in [0.5, 0.6) is 23.0 Å². The van der Waals surface area contributed by atoms with Crippen LogP contribution in [-0.2, 0) is 0 Å². The maximum atomic E-state index is 12.4. The van der Waals surface area contributed by atoms with Gasteiger partial charge in [0.15, 0.2) is 28.8 Å². The maximum absolute atomic E-state index is 12.4. The van der Waals surface area contributed by atoms with Gasteiger partial charge in [0.1, 0.15) is 13.2 Å². The third-order valence-corrected chi connectivity index (χ3v) is 4.08.